The van der Waals surface area contributed by atoms with Crippen molar-refractivity contribution in [3.8, 4) is 5.75 Å². The summed E-state index contributed by atoms with van der Waals surface area (Å²) in [6, 6.07) is 14.7. The maximum atomic E-state index is 11.9. The van der Waals surface area contributed by atoms with Gasteiger partial charge in [-0.1, -0.05) is 42.8 Å². The number of nitrogens with one attached hydrogen (secondary N) is 1. The summed E-state index contributed by atoms with van der Waals surface area (Å²) in [7, 11) is 0. The minimum absolute atomic E-state index is 0.0433. The van der Waals surface area contributed by atoms with E-state index in [4.69, 9.17) is 16.3 Å². The lowest BCUT2D eigenvalue weighted by molar-refractivity contribution is -0.118. The number of benzene rings is 2. The van der Waals surface area contributed by atoms with E-state index in [-0.39, 0.29) is 12.5 Å². The van der Waals surface area contributed by atoms with Crippen LogP contribution in [-0.4, -0.2) is 12.5 Å². The zero-order valence-electron chi connectivity index (χ0n) is 11.2. The van der Waals surface area contributed by atoms with Gasteiger partial charge in [-0.25, -0.2) is 0 Å². The van der Waals surface area contributed by atoms with Crippen LogP contribution in [0.4, 0.5) is 5.69 Å². The molecule has 1 N–H and O–H groups in total. The monoisotopic (exact) mass is 289 g/mol. The molecular formula is C16H16ClNO2. The maximum Gasteiger partial charge on any atom is 0.262 e. The van der Waals surface area contributed by atoms with Crippen LogP contribution >= 0.6 is 11.6 Å². The second-order valence-electron chi connectivity index (χ2n) is 4.30. The van der Waals surface area contributed by atoms with Crippen LogP contribution < -0.4 is 10.1 Å². The third-order valence-electron chi connectivity index (χ3n) is 2.84. The van der Waals surface area contributed by atoms with Gasteiger partial charge in [0, 0.05) is 10.7 Å². The molecule has 2 aromatic rings. The fourth-order valence-corrected chi connectivity index (χ4v) is 2.02. The number of para-hydroxylation sites is 1. The Morgan fingerprint density at radius 3 is 2.75 bits per heavy atom. The number of ether oxygens (including phenoxy) is 1. The van der Waals surface area contributed by atoms with Crippen LogP contribution in [0.3, 0.4) is 0 Å². The molecule has 0 heterocycles. The molecule has 0 unspecified atom stereocenters. The minimum Gasteiger partial charge on any atom is -0.484 e. The topological polar surface area (TPSA) is 38.3 Å². The highest BCUT2D eigenvalue weighted by Gasteiger charge is 2.06. The normalized spacial score (nSPS) is 10.1. The quantitative estimate of drug-likeness (QED) is 0.906. The molecule has 0 saturated heterocycles. The minimum atomic E-state index is -0.189. The van der Waals surface area contributed by atoms with Crippen LogP contribution in [0.2, 0.25) is 5.02 Å². The Morgan fingerprint density at radius 1 is 1.20 bits per heavy atom. The Hall–Kier alpha value is -2.00. The standard InChI is InChI=1S/C16H16ClNO2/c1-2-12-6-3-4-9-15(12)18-16(19)11-20-14-8-5-7-13(17)10-14/h3-10H,2,11H2,1H3,(H,18,19). The van der Waals surface area contributed by atoms with Gasteiger partial charge in [0.05, 0.1) is 0 Å². The molecule has 0 spiro atoms. The number of hydrogen-bond donors (Lipinski definition) is 1. The molecule has 0 saturated carbocycles. The second-order valence-corrected chi connectivity index (χ2v) is 4.74. The highest BCUT2D eigenvalue weighted by Crippen LogP contribution is 2.18. The third kappa shape index (κ3) is 4.00. The Kier molecular flexibility index (Phi) is 5.02. The summed E-state index contributed by atoms with van der Waals surface area (Å²) < 4.78 is 5.40. The van der Waals surface area contributed by atoms with Gasteiger partial charge in [0.15, 0.2) is 6.61 Å². The molecule has 0 fully saturated rings. The van der Waals surface area contributed by atoms with Gasteiger partial charge in [-0.15, -0.1) is 0 Å². The smallest absolute Gasteiger partial charge is 0.262 e. The van der Waals surface area contributed by atoms with Gasteiger partial charge in [-0.2, -0.15) is 0 Å². The van der Waals surface area contributed by atoms with Crippen LogP contribution in [0.5, 0.6) is 5.75 Å². The lowest BCUT2D eigenvalue weighted by Crippen LogP contribution is -2.20. The number of aryl methyl sites for hydroxylation is 1. The van der Waals surface area contributed by atoms with E-state index in [0.717, 1.165) is 17.7 Å². The Balaban J connectivity index is 1.93. The van der Waals surface area contributed by atoms with Crippen LogP contribution in [0.1, 0.15) is 12.5 Å². The van der Waals surface area contributed by atoms with Gasteiger partial charge in [-0.05, 0) is 36.2 Å². The largest absolute Gasteiger partial charge is 0.484 e. The third-order valence-corrected chi connectivity index (χ3v) is 3.07. The molecule has 0 bridgehead atoms. The summed E-state index contributed by atoms with van der Waals surface area (Å²) in [6.07, 6.45) is 0.867. The molecular weight excluding hydrogens is 274 g/mol. The van der Waals surface area contributed by atoms with Crippen molar-refractivity contribution in [3.05, 3.63) is 59.1 Å². The lowest BCUT2D eigenvalue weighted by atomic mass is 10.1. The van der Waals surface area contributed by atoms with Gasteiger partial charge in [-0.3, -0.25) is 4.79 Å². The predicted octanol–water partition coefficient (Wildman–Crippen LogP) is 3.92. The fourth-order valence-electron chi connectivity index (χ4n) is 1.84. The second kappa shape index (κ2) is 6.96. The van der Waals surface area contributed by atoms with Crippen molar-refractivity contribution in [2.24, 2.45) is 0 Å². The van der Waals surface area contributed by atoms with Crippen molar-refractivity contribution < 1.29 is 9.53 Å². The SMILES string of the molecule is CCc1ccccc1NC(=O)COc1cccc(Cl)c1. The van der Waals surface area contributed by atoms with Gasteiger partial charge in [0.1, 0.15) is 5.75 Å². The number of rotatable bonds is 5. The number of anilines is 1. The first-order valence-electron chi connectivity index (χ1n) is 6.45. The molecule has 3 nitrogen and oxygen atoms in total. The van der Waals surface area contributed by atoms with E-state index in [1.807, 2.05) is 31.2 Å². The highest BCUT2D eigenvalue weighted by molar-refractivity contribution is 6.30. The van der Waals surface area contributed by atoms with Crippen molar-refractivity contribution in [2.45, 2.75) is 13.3 Å². The molecule has 0 aliphatic rings. The van der Waals surface area contributed by atoms with E-state index in [9.17, 15) is 4.79 Å². The zero-order chi connectivity index (χ0) is 14.4. The molecule has 0 atom stereocenters. The van der Waals surface area contributed by atoms with E-state index >= 15 is 0 Å². The average Bonchev–Trinajstić information content (AvgIpc) is 2.46. The fraction of sp³-hybridized carbons (Fsp3) is 0.188. The molecule has 2 rings (SSSR count). The van der Waals surface area contributed by atoms with Gasteiger partial charge >= 0.3 is 0 Å². The summed E-state index contributed by atoms with van der Waals surface area (Å²) >= 11 is 5.85. The number of halogens is 1. The number of carbonyl (C=O) groups is 1. The summed E-state index contributed by atoms with van der Waals surface area (Å²) in [6.45, 7) is 2.01. The average molecular weight is 290 g/mol. The summed E-state index contributed by atoms with van der Waals surface area (Å²) in [5, 5.41) is 3.43. The van der Waals surface area contributed by atoms with E-state index in [1.165, 1.54) is 0 Å². The summed E-state index contributed by atoms with van der Waals surface area (Å²) in [5.74, 6) is 0.391. The lowest BCUT2D eigenvalue weighted by Gasteiger charge is -2.10. The Bertz CT molecular complexity index is 599. The van der Waals surface area contributed by atoms with Gasteiger partial charge in [0.25, 0.3) is 5.91 Å². The van der Waals surface area contributed by atoms with E-state index in [1.54, 1.807) is 24.3 Å². The van der Waals surface area contributed by atoms with Crippen molar-refractivity contribution in [1.82, 2.24) is 0 Å². The first kappa shape index (κ1) is 14.4. The molecule has 2 aromatic carbocycles. The van der Waals surface area contributed by atoms with Crippen LogP contribution in [-0.2, 0) is 11.2 Å². The number of amides is 1. The molecule has 104 valence electrons. The van der Waals surface area contributed by atoms with Crippen molar-refractivity contribution in [3.63, 3.8) is 0 Å². The molecule has 0 radical (unpaired) electrons. The predicted molar refractivity (Wildman–Crippen MR) is 81.4 cm³/mol. The van der Waals surface area contributed by atoms with Crippen molar-refractivity contribution in [1.29, 1.82) is 0 Å². The van der Waals surface area contributed by atoms with Crippen molar-refractivity contribution in [2.75, 3.05) is 11.9 Å². The first-order chi connectivity index (χ1) is 9.69. The summed E-state index contributed by atoms with van der Waals surface area (Å²) in [5.41, 5.74) is 1.93. The molecule has 0 aliphatic carbocycles. The van der Waals surface area contributed by atoms with Gasteiger partial charge < -0.3 is 10.1 Å². The Morgan fingerprint density at radius 2 is 2.00 bits per heavy atom. The molecule has 0 aliphatic heterocycles. The van der Waals surface area contributed by atoms with E-state index in [0.29, 0.717) is 10.8 Å². The Labute approximate surface area is 123 Å². The van der Waals surface area contributed by atoms with Crippen molar-refractivity contribution >= 4 is 23.2 Å². The molecule has 1 amide bonds. The van der Waals surface area contributed by atoms with E-state index in [2.05, 4.69) is 5.32 Å². The number of hydrogen-bond acceptors (Lipinski definition) is 2. The molecule has 0 aromatic heterocycles. The van der Waals surface area contributed by atoms with Crippen LogP contribution in [0.15, 0.2) is 48.5 Å². The maximum absolute atomic E-state index is 11.9. The van der Waals surface area contributed by atoms with Crippen LogP contribution in [0.25, 0.3) is 0 Å². The highest BCUT2D eigenvalue weighted by atomic mass is 35.5. The number of carbonyl (C=O) groups excluding carboxylic acids is 1. The first-order valence-corrected chi connectivity index (χ1v) is 6.83. The zero-order valence-corrected chi connectivity index (χ0v) is 12.0. The molecule has 4 heteroatoms. The van der Waals surface area contributed by atoms with E-state index < -0.39 is 0 Å². The molecule has 20 heavy (non-hydrogen) atoms. The van der Waals surface area contributed by atoms with Crippen LogP contribution in [0, 0.1) is 0 Å². The summed E-state index contributed by atoms with van der Waals surface area (Å²) in [4.78, 5) is 11.9. The van der Waals surface area contributed by atoms with Gasteiger partial charge in [0.2, 0.25) is 0 Å².